The second-order valence-corrected chi connectivity index (χ2v) is 3.88. The molecule has 0 aliphatic carbocycles. The Morgan fingerprint density at radius 1 is 1.47 bits per heavy atom. The Labute approximate surface area is 96.1 Å². The Kier molecular flexibility index (Phi) is 2.71. The van der Waals surface area contributed by atoms with Crippen molar-refractivity contribution in [2.24, 2.45) is 5.92 Å². The number of rotatable bonds is 2. The van der Waals surface area contributed by atoms with Crippen LogP contribution in [0.2, 0.25) is 0 Å². The lowest BCUT2D eigenvalue weighted by atomic mass is 10.1. The summed E-state index contributed by atoms with van der Waals surface area (Å²) in [6.45, 7) is 0.0262. The molecule has 1 aromatic rings. The molecule has 1 amide bonds. The van der Waals surface area contributed by atoms with Gasteiger partial charge in [-0.05, 0) is 12.1 Å². The minimum absolute atomic E-state index is 0.0262. The summed E-state index contributed by atoms with van der Waals surface area (Å²) in [5.74, 6) is -3.51. The number of aromatic hydroxyl groups is 1. The zero-order valence-corrected chi connectivity index (χ0v) is 8.76. The number of amides is 1. The number of carbonyl (C=O) groups is 2. The second kappa shape index (κ2) is 4.04. The molecular weight excluding hydrogens is 229 g/mol. The molecule has 5 nitrogen and oxygen atoms in total. The number of anilines is 1. The SMILES string of the molecule is O=C(O)C1CC(=O)N(c2ccc(O)c(F)c2)C1. The Morgan fingerprint density at radius 2 is 2.18 bits per heavy atom. The van der Waals surface area contributed by atoms with Gasteiger partial charge in [-0.15, -0.1) is 0 Å². The van der Waals surface area contributed by atoms with Gasteiger partial charge < -0.3 is 15.1 Å². The van der Waals surface area contributed by atoms with Crippen LogP contribution in [0, 0.1) is 11.7 Å². The van der Waals surface area contributed by atoms with Gasteiger partial charge in [0, 0.05) is 24.7 Å². The Hall–Kier alpha value is -2.11. The van der Waals surface area contributed by atoms with Gasteiger partial charge in [0.1, 0.15) is 0 Å². The molecule has 0 bridgehead atoms. The average molecular weight is 239 g/mol. The summed E-state index contributed by atoms with van der Waals surface area (Å²) in [5, 5.41) is 17.8. The van der Waals surface area contributed by atoms with Gasteiger partial charge in [-0.2, -0.15) is 0 Å². The maximum Gasteiger partial charge on any atom is 0.308 e. The molecule has 1 aromatic carbocycles. The maximum absolute atomic E-state index is 13.1. The summed E-state index contributed by atoms with van der Waals surface area (Å²) >= 11 is 0. The number of carboxylic acids is 1. The number of phenols is 1. The van der Waals surface area contributed by atoms with E-state index in [0.717, 1.165) is 12.1 Å². The molecule has 0 radical (unpaired) electrons. The van der Waals surface area contributed by atoms with E-state index in [2.05, 4.69) is 0 Å². The lowest BCUT2D eigenvalue weighted by Crippen LogP contribution is -2.25. The highest BCUT2D eigenvalue weighted by molar-refractivity contribution is 5.99. The quantitative estimate of drug-likeness (QED) is 0.806. The number of nitrogens with zero attached hydrogens (tertiary/aromatic N) is 1. The van der Waals surface area contributed by atoms with Crippen LogP contribution in [0.25, 0.3) is 0 Å². The van der Waals surface area contributed by atoms with Crippen LogP contribution in [0.1, 0.15) is 6.42 Å². The minimum atomic E-state index is -1.04. The average Bonchev–Trinajstić information content (AvgIpc) is 2.65. The van der Waals surface area contributed by atoms with Crippen molar-refractivity contribution >= 4 is 17.6 Å². The summed E-state index contributed by atoms with van der Waals surface area (Å²) in [4.78, 5) is 23.5. The van der Waals surface area contributed by atoms with Crippen molar-refractivity contribution in [3.8, 4) is 5.75 Å². The van der Waals surface area contributed by atoms with Crippen molar-refractivity contribution in [2.45, 2.75) is 6.42 Å². The van der Waals surface area contributed by atoms with E-state index in [1.807, 2.05) is 0 Å². The molecule has 1 heterocycles. The first-order valence-electron chi connectivity index (χ1n) is 5.00. The molecule has 1 unspecified atom stereocenters. The van der Waals surface area contributed by atoms with Crippen molar-refractivity contribution < 1.29 is 24.2 Å². The van der Waals surface area contributed by atoms with Crippen LogP contribution in [0.3, 0.4) is 0 Å². The van der Waals surface area contributed by atoms with Crippen molar-refractivity contribution in [1.29, 1.82) is 0 Å². The van der Waals surface area contributed by atoms with Gasteiger partial charge in [-0.25, -0.2) is 4.39 Å². The van der Waals surface area contributed by atoms with E-state index in [9.17, 15) is 14.0 Å². The van der Waals surface area contributed by atoms with E-state index in [-0.39, 0.29) is 24.6 Å². The van der Waals surface area contributed by atoms with Crippen LogP contribution >= 0.6 is 0 Å². The van der Waals surface area contributed by atoms with Crippen LogP contribution in [0.4, 0.5) is 10.1 Å². The molecule has 1 atom stereocenters. The fourth-order valence-corrected chi connectivity index (χ4v) is 1.79. The third kappa shape index (κ3) is 2.06. The van der Waals surface area contributed by atoms with Crippen molar-refractivity contribution in [3.05, 3.63) is 24.0 Å². The number of hydrogen-bond acceptors (Lipinski definition) is 3. The monoisotopic (exact) mass is 239 g/mol. The smallest absolute Gasteiger partial charge is 0.308 e. The molecule has 2 N–H and O–H groups in total. The van der Waals surface area contributed by atoms with Gasteiger partial charge in [-0.1, -0.05) is 0 Å². The van der Waals surface area contributed by atoms with Crippen LogP contribution < -0.4 is 4.90 Å². The van der Waals surface area contributed by atoms with Gasteiger partial charge in [0.15, 0.2) is 11.6 Å². The molecule has 0 aromatic heterocycles. The molecule has 0 spiro atoms. The number of phenolic OH excluding ortho intramolecular Hbond substituents is 1. The third-order valence-corrected chi connectivity index (χ3v) is 2.72. The molecule has 6 heteroatoms. The predicted molar refractivity (Wildman–Crippen MR) is 56.2 cm³/mol. The number of aliphatic carboxylic acids is 1. The Balaban J connectivity index is 2.26. The largest absolute Gasteiger partial charge is 0.505 e. The van der Waals surface area contributed by atoms with Gasteiger partial charge >= 0.3 is 5.97 Å². The fraction of sp³-hybridized carbons (Fsp3) is 0.273. The number of carboxylic acid groups (broad SMARTS) is 1. The molecule has 1 aliphatic rings. The van der Waals surface area contributed by atoms with E-state index >= 15 is 0 Å². The first kappa shape index (κ1) is 11.4. The second-order valence-electron chi connectivity index (χ2n) is 3.88. The van der Waals surface area contributed by atoms with Crippen molar-refractivity contribution in [1.82, 2.24) is 0 Å². The topological polar surface area (TPSA) is 77.8 Å². The van der Waals surface area contributed by atoms with Crippen molar-refractivity contribution in [3.63, 3.8) is 0 Å². The zero-order chi connectivity index (χ0) is 12.6. The highest BCUT2D eigenvalue weighted by Gasteiger charge is 2.35. The van der Waals surface area contributed by atoms with E-state index < -0.39 is 23.5 Å². The summed E-state index contributed by atoms with van der Waals surface area (Å²) in [5.41, 5.74) is 0.258. The third-order valence-electron chi connectivity index (χ3n) is 2.72. The van der Waals surface area contributed by atoms with E-state index in [1.165, 1.54) is 11.0 Å². The van der Waals surface area contributed by atoms with Gasteiger partial charge in [0.2, 0.25) is 5.91 Å². The summed E-state index contributed by atoms with van der Waals surface area (Å²) in [6, 6.07) is 3.52. The first-order chi connectivity index (χ1) is 7.99. The standard InChI is InChI=1S/C11H10FNO4/c12-8-4-7(1-2-9(8)14)13-5-6(11(16)17)3-10(13)15/h1-2,4,6,14H,3,5H2,(H,16,17). The maximum atomic E-state index is 13.1. The van der Waals surface area contributed by atoms with Crippen LogP contribution in [-0.4, -0.2) is 28.6 Å². The molecule has 1 aliphatic heterocycles. The molecular formula is C11H10FNO4. The number of hydrogen-bond donors (Lipinski definition) is 2. The molecule has 1 fully saturated rings. The number of carbonyl (C=O) groups excluding carboxylic acids is 1. The zero-order valence-electron chi connectivity index (χ0n) is 8.76. The molecule has 17 heavy (non-hydrogen) atoms. The first-order valence-corrected chi connectivity index (χ1v) is 5.00. The molecule has 0 saturated carbocycles. The molecule has 1 saturated heterocycles. The number of halogens is 1. The normalized spacial score (nSPS) is 19.7. The highest BCUT2D eigenvalue weighted by atomic mass is 19.1. The molecule has 90 valence electrons. The van der Waals surface area contributed by atoms with Crippen LogP contribution in [-0.2, 0) is 9.59 Å². The van der Waals surface area contributed by atoms with Crippen LogP contribution in [0.15, 0.2) is 18.2 Å². The van der Waals surface area contributed by atoms with Gasteiger partial charge in [0.05, 0.1) is 5.92 Å². The van der Waals surface area contributed by atoms with Gasteiger partial charge in [0.25, 0.3) is 0 Å². The van der Waals surface area contributed by atoms with Gasteiger partial charge in [-0.3, -0.25) is 9.59 Å². The van der Waals surface area contributed by atoms with Crippen molar-refractivity contribution in [2.75, 3.05) is 11.4 Å². The summed E-state index contributed by atoms with van der Waals surface area (Å²) in [6.07, 6.45) is -0.0855. The summed E-state index contributed by atoms with van der Waals surface area (Å²) < 4.78 is 13.1. The number of benzene rings is 1. The van der Waals surface area contributed by atoms with E-state index in [1.54, 1.807) is 0 Å². The predicted octanol–water partition coefficient (Wildman–Crippen LogP) is 0.969. The minimum Gasteiger partial charge on any atom is -0.505 e. The van der Waals surface area contributed by atoms with Crippen LogP contribution in [0.5, 0.6) is 5.75 Å². The fourth-order valence-electron chi connectivity index (χ4n) is 1.79. The Morgan fingerprint density at radius 3 is 2.71 bits per heavy atom. The van der Waals surface area contributed by atoms with E-state index in [0.29, 0.717) is 0 Å². The highest BCUT2D eigenvalue weighted by Crippen LogP contribution is 2.28. The van der Waals surface area contributed by atoms with E-state index in [4.69, 9.17) is 10.2 Å². The molecule has 2 rings (SSSR count). The summed E-state index contributed by atoms with van der Waals surface area (Å²) in [7, 11) is 0. The lowest BCUT2D eigenvalue weighted by Gasteiger charge is -2.16. The Bertz CT molecular complexity index is 488. The lowest BCUT2D eigenvalue weighted by molar-refractivity contribution is -0.141.